The molecule has 0 heterocycles. The van der Waals surface area contributed by atoms with Crippen molar-refractivity contribution in [3.63, 3.8) is 0 Å². The van der Waals surface area contributed by atoms with Crippen molar-refractivity contribution in [2.45, 2.75) is 58.2 Å². The summed E-state index contributed by atoms with van der Waals surface area (Å²) >= 11 is 0. The monoisotopic (exact) mass is 287 g/mol. The van der Waals surface area contributed by atoms with E-state index < -0.39 is 11.7 Å². The molecule has 0 radical (unpaired) electrons. The lowest BCUT2D eigenvalue weighted by Gasteiger charge is -2.34. The average molecular weight is 287 g/mol. The van der Waals surface area contributed by atoms with Crippen molar-refractivity contribution in [1.82, 2.24) is 5.32 Å². The van der Waals surface area contributed by atoms with Crippen molar-refractivity contribution in [1.29, 1.82) is 0 Å². The number of alkyl halides is 3. The minimum Gasteiger partial charge on any atom is -0.300 e. The van der Waals surface area contributed by atoms with E-state index in [-0.39, 0.29) is 11.0 Å². The van der Waals surface area contributed by atoms with Gasteiger partial charge in [0.25, 0.3) is 0 Å². The quantitative estimate of drug-likeness (QED) is 0.841. The molecule has 1 unspecified atom stereocenters. The van der Waals surface area contributed by atoms with E-state index in [1.54, 1.807) is 24.3 Å². The molecule has 0 aromatic heterocycles. The van der Waals surface area contributed by atoms with Crippen molar-refractivity contribution in [2.75, 3.05) is 6.54 Å². The fourth-order valence-electron chi connectivity index (χ4n) is 2.04. The predicted octanol–water partition coefficient (Wildman–Crippen LogP) is 4.76. The lowest BCUT2D eigenvalue weighted by molar-refractivity contribution is -0.195. The number of rotatable bonds is 4. The van der Waals surface area contributed by atoms with E-state index in [2.05, 4.69) is 5.32 Å². The van der Waals surface area contributed by atoms with Gasteiger partial charge in [-0.15, -0.1) is 0 Å². The molecule has 1 rings (SSSR count). The van der Waals surface area contributed by atoms with E-state index >= 15 is 0 Å². The van der Waals surface area contributed by atoms with E-state index in [1.807, 2.05) is 27.7 Å². The van der Waals surface area contributed by atoms with Crippen LogP contribution in [-0.2, 0) is 11.0 Å². The van der Waals surface area contributed by atoms with Gasteiger partial charge in [0.1, 0.15) is 5.54 Å². The maximum absolute atomic E-state index is 13.4. The Bertz CT molecular complexity index is 429. The lowest BCUT2D eigenvalue weighted by Crippen LogP contribution is -2.51. The Morgan fingerprint density at radius 2 is 1.35 bits per heavy atom. The standard InChI is InChI=1S/C16H24F3N/c1-6-11-20-15(5,16(17,18)19)13-9-7-12(8-10-13)14(2,3)4/h7-10,20H,6,11H2,1-5H3. The lowest BCUT2D eigenvalue weighted by atomic mass is 9.84. The minimum atomic E-state index is -4.33. The second-order valence-electron chi connectivity index (χ2n) is 6.38. The third kappa shape index (κ3) is 3.54. The van der Waals surface area contributed by atoms with Gasteiger partial charge in [-0.3, -0.25) is 0 Å². The molecule has 1 atom stereocenters. The molecule has 0 saturated heterocycles. The number of hydrogen-bond donors (Lipinski definition) is 1. The first-order valence-corrected chi connectivity index (χ1v) is 6.95. The molecular weight excluding hydrogens is 263 g/mol. The van der Waals surface area contributed by atoms with Crippen molar-refractivity contribution in [3.8, 4) is 0 Å². The van der Waals surface area contributed by atoms with Crippen LogP contribution in [0.25, 0.3) is 0 Å². The fraction of sp³-hybridized carbons (Fsp3) is 0.625. The molecule has 0 aliphatic rings. The summed E-state index contributed by atoms with van der Waals surface area (Å²) in [6, 6.07) is 6.73. The van der Waals surface area contributed by atoms with Gasteiger partial charge >= 0.3 is 6.18 Å². The van der Waals surface area contributed by atoms with E-state index in [1.165, 1.54) is 6.92 Å². The molecule has 1 N–H and O–H groups in total. The van der Waals surface area contributed by atoms with Gasteiger partial charge < -0.3 is 5.32 Å². The molecular formula is C16H24F3N. The summed E-state index contributed by atoms with van der Waals surface area (Å²) in [6.07, 6.45) is -3.67. The Hall–Kier alpha value is -1.03. The van der Waals surface area contributed by atoms with Crippen LogP contribution in [0.1, 0.15) is 52.2 Å². The summed E-state index contributed by atoms with van der Waals surface area (Å²) in [5.41, 5.74) is -0.781. The van der Waals surface area contributed by atoms with Gasteiger partial charge in [-0.2, -0.15) is 13.2 Å². The molecule has 0 bridgehead atoms. The van der Waals surface area contributed by atoms with E-state index in [0.29, 0.717) is 13.0 Å². The second kappa shape index (κ2) is 5.76. The summed E-state index contributed by atoms with van der Waals surface area (Å²) in [7, 11) is 0. The highest BCUT2D eigenvalue weighted by Gasteiger charge is 2.51. The summed E-state index contributed by atoms with van der Waals surface area (Å²) in [4.78, 5) is 0. The predicted molar refractivity (Wildman–Crippen MR) is 76.8 cm³/mol. The molecule has 1 aromatic rings. The molecule has 1 nitrogen and oxygen atoms in total. The Labute approximate surface area is 119 Å². The maximum atomic E-state index is 13.4. The van der Waals surface area contributed by atoms with Crippen LogP contribution in [0, 0.1) is 0 Å². The fourth-order valence-corrected chi connectivity index (χ4v) is 2.04. The highest BCUT2D eigenvalue weighted by atomic mass is 19.4. The summed E-state index contributed by atoms with van der Waals surface area (Å²) < 4.78 is 40.2. The van der Waals surface area contributed by atoms with E-state index in [9.17, 15) is 13.2 Å². The van der Waals surface area contributed by atoms with Crippen LogP contribution in [0.2, 0.25) is 0 Å². The normalized spacial score (nSPS) is 16.0. The van der Waals surface area contributed by atoms with Crippen LogP contribution in [0.15, 0.2) is 24.3 Å². The smallest absolute Gasteiger partial charge is 0.300 e. The minimum absolute atomic E-state index is 0.0655. The molecule has 4 heteroatoms. The van der Waals surface area contributed by atoms with Crippen molar-refractivity contribution in [2.24, 2.45) is 0 Å². The van der Waals surface area contributed by atoms with E-state index in [4.69, 9.17) is 0 Å². The van der Waals surface area contributed by atoms with Gasteiger partial charge in [0.15, 0.2) is 0 Å². The molecule has 20 heavy (non-hydrogen) atoms. The third-order valence-corrected chi connectivity index (χ3v) is 3.62. The molecule has 114 valence electrons. The Balaban J connectivity index is 3.16. The Kier molecular flexibility index (Phi) is 4.90. The van der Waals surface area contributed by atoms with Crippen LogP contribution < -0.4 is 5.32 Å². The average Bonchev–Trinajstić information content (AvgIpc) is 2.33. The zero-order valence-corrected chi connectivity index (χ0v) is 12.9. The van der Waals surface area contributed by atoms with Gasteiger partial charge in [-0.1, -0.05) is 52.0 Å². The number of nitrogens with one attached hydrogen (secondary N) is 1. The molecule has 1 aromatic carbocycles. The molecule has 0 spiro atoms. The summed E-state index contributed by atoms with van der Waals surface area (Å²) in [5, 5.41) is 2.64. The van der Waals surface area contributed by atoms with Gasteiger partial charge in [-0.05, 0) is 36.4 Å². The maximum Gasteiger partial charge on any atom is 0.410 e. The van der Waals surface area contributed by atoms with Gasteiger partial charge in [0.05, 0.1) is 0 Å². The topological polar surface area (TPSA) is 12.0 Å². The molecule has 0 amide bonds. The zero-order chi connectivity index (χ0) is 15.6. The molecule has 0 fully saturated rings. The van der Waals surface area contributed by atoms with Crippen molar-refractivity contribution >= 4 is 0 Å². The Morgan fingerprint density at radius 3 is 1.70 bits per heavy atom. The van der Waals surface area contributed by atoms with Crippen LogP contribution in [0.5, 0.6) is 0 Å². The first-order chi connectivity index (χ1) is 9.02. The van der Waals surface area contributed by atoms with Gasteiger partial charge in [0.2, 0.25) is 0 Å². The molecule has 0 saturated carbocycles. The van der Waals surface area contributed by atoms with Crippen LogP contribution in [0.3, 0.4) is 0 Å². The Morgan fingerprint density at radius 1 is 0.900 bits per heavy atom. The van der Waals surface area contributed by atoms with Crippen LogP contribution in [-0.4, -0.2) is 12.7 Å². The van der Waals surface area contributed by atoms with Crippen molar-refractivity contribution < 1.29 is 13.2 Å². The van der Waals surface area contributed by atoms with Crippen LogP contribution in [0.4, 0.5) is 13.2 Å². The SMILES string of the molecule is CCCNC(C)(c1ccc(C(C)(C)C)cc1)C(F)(F)F. The number of benzene rings is 1. The summed E-state index contributed by atoms with van der Waals surface area (Å²) in [6.45, 7) is 9.51. The molecule has 0 aliphatic heterocycles. The van der Waals surface area contributed by atoms with Crippen LogP contribution >= 0.6 is 0 Å². The summed E-state index contributed by atoms with van der Waals surface area (Å²) in [5.74, 6) is 0. The van der Waals surface area contributed by atoms with Crippen molar-refractivity contribution in [3.05, 3.63) is 35.4 Å². The second-order valence-corrected chi connectivity index (χ2v) is 6.38. The largest absolute Gasteiger partial charge is 0.410 e. The first kappa shape index (κ1) is 17.0. The third-order valence-electron chi connectivity index (χ3n) is 3.62. The van der Waals surface area contributed by atoms with Gasteiger partial charge in [0, 0.05) is 0 Å². The first-order valence-electron chi connectivity index (χ1n) is 6.95. The highest BCUT2D eigenvalue weighted by Crippen LogP contribution is 2.39. The highest BCUT2D eigenvalue weighted by molar-refractivity contribution is 5.32. The number of hydrogen-bond acceptors (Lipinski definition) is 1. The zero-order valence-electron chi connectivity index (χ0n) is 12.9. The number of halogens is 3. The molecule has 0 aliphatic carbocycles. The van der Waals surface area contributed by atoms with E-state index in [0.717, 1.165) is 5.56 Å². The van der Waals surface area contributed by atoms with Gasteiger partial charge in [-0.25, -0.2) is 0 Å².